The maximum atomic E-state index is 13.8. The minimum Gasteiger partial charge on any atom is -0.495 e. The van der Waals surface area contributed by atoms with E-state index in [0.29, 0.717) is 22.7 Å². The molecular formula is C28H34F3N7O2. The summed E-state index contributed by atoms with van der Waals surface area (Å²) >= 11 is 0. The zero-order valence-electron chi connectivity index (χ0n) is 22.7. The van der Waals surface area contributed by atoms with Crippen LogP contribution in [0.3, 0.4) is 0 Å². The molecule has 0 saturated carbocycles. The van der Waals surface area contributed by atoms with Crippen molar-refractivity contribution in [3.63, 3.8) is 0 Å². The second-order valence-electron chi connectivity index (χ2n) is 9.79. The van der Waals surface area contributed by atoms with E-state index in [-0.39, 0.29) is 18.3 Å². The number of alkyl halides is 3. The third kappa shape index (κ3) is 7.06. The van der Waals surface area contributed by atoms with Gasteiger partial charge in [0.25, 0.3) is 0 Å². The fourth-order valence-corrected chi connectivity index (χ4v) is 4.42. The van der Waals surface area contributed by atoms with Gasteiger partial charge >= 0.3 is 6.18 Å². The summed E-state index contributed by atoms with van der Waals surface area (Å²) in [6.07, 6.45) is -2.65. The van der Waals surface area contributed by atoms with Gasteiger partial charge in [0.2, 0.25) is 11.7 Å². The largest absolute Gasteiger partial charge is 0.495 e. The molecule has 0 aromatic heterocycles. The van der Waals surface area contributed by atoms with Gasteiger partial charge in [-0.25, -0.2) is 4.99 Å². The predicted molar refractivity (Wildman–Crippen MR) is 152 cm³/mol. The lowest BCUT2D eigenvalue weighted by molar-refractivity contribution is -0.111. The Kier molecular flexibility index (Phi) is 8.58. The van der Waals surface area contributed by atoms with Crippen molar-refractivity contribution in [1.29, 1.82) is 0 Å². The molecule has 2 aliphatic heterocycles. The molecule has 214 valence electrons. The Bertz CT molecular complexity index is 1290. The molecule has 9 nitrogen and oxygen atoms in total. The van der Waals surface area contributed by atoms with E-state index in [9.17, 15) is 18.0 Å². The van der Waals surface area contributed by atoms with Crippen molar-refractivity contribution >= 4 is 29.2 Å². The summed E-state index contributed by atoms with van der Waals surface area (Å²) in [5.41, 5.74) is 1.94. The fourth-order valence-electron chi connectivity index (χ4n) is 4.42. The Morgan fingerprint density at radius 3 is 2.50 bits per heavy atom. The maximum Gasteiger partial charge on any atom is 0.421 e. The van der Waals surface area contributed by atoms with Gasteiger partial charge in [0.1, 0.15) is 17.1 Å². The molecule has 40 heavy (non-hydrogen) atoms. The summed E-state index contributed by atoms with van der Waals surface area (Å²) in [4.78, 5) is 20.2. The van der Waals surface area contributed by atoms with Crippen LogP contribution in [0, 0.1) is 0 Å². The van der Waals surface area contributed by atoms with Gasteiger partial charge < -0.3 is 35.8 Å². The number of likely N-dealkylation sites (N-methyl/N-ethyl adjacent to an activating group) is 1. The molecule has 2 aliphatic rings. The lowest BCUT2D eigenvalue weighted by atomic mass is 10.1. The van der Waals surface area contributed by atoms with Gasteiger partial charge in [-0.2, -0.15) is 13.2 Å². The number of benzene rings is 2. The monoisotopic (exact) mass is 557 g/mol. The van der Waals surface area contributed by atoms with Crippen LogP contribution in [0.1, 0.15) is 12.5 Å². The van der Waals surface area contributed by atoms with Crippen molar-refractivity contribution in [2.45, 2.75) is 25.4 Å². The van der Waals surface area contributed by atoms with Crippen molar-refractivity contribution in [3.8, 4) is 5.75 Å². The number of hydrogen-bond acceptors (Lipinski definition) is 8. The van der Waals surface area contributed by atoms with Crippen molar-refractivity contribution in [2.75, 3.05) is 55.9 Å². The van der Waals surface area contributed by atoms with Crippen LogP contribution in [0.5, 0.6) is 5.75 Å². The Labute approximate surface area is 231 Å². The maximum absolute atomic E-state index is 13.8. The molecule has 0 aliphatic carbocycles. The first-order chi connectivity index (χ1) is 19.0. The highest BCUT2D eigenvalue weighted by molar-refractivity contribution is 5.98. The Morgan fingerprint density at radius 2 is 1.88 bits per heavy atom. The molecule has 12 heteroatoms. The van der Waals surface area contributed by atoms with Crippen LogP contribution >= 0.6 is 0 Å². The number of anilines is 3. The summed E-state index contributed by atoms with van der Waals surface area (Å²) in [5, 5.41) is 11.6. The number of allylic oxidation sites excluding steroid dienone is 1. The van der Waals surface area contributed by atoms with E-state index in [1.807, 2.05) is 18.2 Å². The number of carbonyl (C=O) groups excluding carboxylic acids is 1. The highest BCUT2D eigenvalue weighted by Gasteiger charge is 2.40. The topological polar surface area (TPSA) is 93.3 Å². The normalized spacial score (nSPS) is 19.6. The lowest BCUT2D eigenvalue weighted by Crippen LogP contribution is -2.53. The SMILES string of the molecule is C=CC(=O)Nc1ccc(CNC2=C(C(F)(F)F)C=NC(C)(Nc3ccc(N4CCN(C)CC4)cc3OC)N2)cc1. The minimum atomic E-state index is -4.62. The van der Waals surface area contributed by atoms with E-state index in [1.54, 1.807) is 38.3 Å². The molecule has 4 rings (SSSR count). The minimum absolute atomic E-state index is 0.102. The van der Waals surface area contributed by atoms with Gasteiger partial charge in [-0.3, -0.25) is 4.79 Å². The average Bonchev–Trinajstić information content (AvgIpc) is 2.92. The van der Waals surface area contributed by atoms with Gasteiger partial charge in [0.15, 0.2) is 0 Å². The molecular weight excluding hydrogens is 523 g/mol. The summed E-state index contributed by atoms with van der Waals surface area (Å²) in [6.45, 7) is 8.84. The molecule has 1 unspecified atom stereocenters. The number of rotatable bonds is 9. The average molecular weight is 558 g/mol. The van der Waals surface area contributed by atoms with Gasteiger partial charge in [0, 0.05) is 56.4 Å². The highest BCUT2D eigenvalue weighted by atomic mass is 19.4. The number of methoxy groups -OCH3 is 1. The standard InChI is InChI=1S/C28H34F3N7O2/c1-5-25(39)34-20-8-6-19(7-9-20)17-32-26-22(28(29,30)31)18-33-27(2,36-26)35-23-11-10-21(16-24(23)40-4)38-14-12-37(3)13-15-38/h5-11,16,18,32,35-36H,1,12-15,17H2,2-4H3,(H,34,39). The van der Waals surface area contributed by atoms with E-state index in [2.05, 4.69) is 49.7 Å². The van der Waals surface area contributed by atoms with Crippen molar-refractivity contribution < 1.29 is 22.7 Å². The first kappa shape index (κ1) is 28.8. The highest BCUT2D eigenvalue weighted by Crippen LogP contribution is 2.34. The quantitative estimate of drug-likeness (QED) is 0.348. The smallest absolute Gasteiger partial charge is 0.421 e. The summed E-state index contributed by atoms with van der Waals surface area (Å²) in [7, 11) is 3.64. The van der Waals surface area contributed by atoms with Gasteiger partial charge in [-0.1, -0.05) is 18.7 Å². The molecule has 1 amide bonds. The second-order valence-corrected chi connectivity index (χ2v) is 9.79. The molecule has 1 fully saturated rings. The second kappa shape index (κ2) is 11.9. The van der Waals surface area contributed by atoms with E-state index in [0.717, 1.165) is 44.2 Å². The third-order valence-corrected chi connectivity index (χ3v) is 6.70. The molecule has 0 radical (unpaired) electrons. The number of piperazine rings is 1. The number of nitrogens with zero attached hydrogens (tertiary/aromatic N) is 3. The number of ether oxygens (including phenoxy) is 1. The van der Waals surface area contributed by atoms with E-state index >= 15 is 0 Å². The van der Waals surface area contributed by atoms with Crippen LogP contribution in [0.4, 0.5) is 30.2 Å². The number of hydrogen-bond donors (Lipinski definition) is 4. The Morgan fingerprint density at radius 1 is 1.18 bits per heavy atom. The van der Waals surface area contributed by atoms with Gasteiger partial charge in [0.05, 0.1) is 12.8 Å². The summed E-state index contributed by atoms with van der Waals surface area (Å²) in [6, 6.07) is 12.5. The van der Waals surface area contributed by atoms with Gasteiger partial charge in [-0.15, -0.1) is 0 Å². The first-order valence-corrected chi connectivity index (χ1v) is 12.8. The Hall–Kier alpha value is -4.19. The van der Waals surface area contributed by atoms with Crippen LogP contribution in [0.25, 0.3) is 0 Å². The number of nitrogens with one attached hydrogen (secondary N) is 4. The molecule has 1 saturated heterocycles. The Balaban J connectivity index is 1.49. The summed E-state index contributed by atoms with van der Waals surface area (Å²) < 4.78 is 47.1. The number of halogens is 3. The molecule has 1 atom stereocenters. The number of amides is 1. The molecule has 0 spiro atoms. The lowest BCUT2D eigenvalue weighted by Gasteiger charge is -2.36. The van der Waals surface area contributed by atoms with Gasteiger partial charge in [-0.05, 0) is 49.9 Å². The van der Waals surface area contributed by atoms with Crippen molar-refractivity contribution in [3.05, 3.63) is 72.1 Å². The van der Waals surface area contributed by atoms with Crippen LogP contribution in [-0.2, 0) is 11.3 Å². The van der Waals surface area contributed by atoms with Crippen molar-refractivity contribution in [1.82, 2.24) is 15.5 Å². The summed E-state index contributed by atoms with van der Waals surface area (Å²) in [5.74, 6) is -1.31. The van der Waals surface area contributed by atoms with E-state index in [1.165, 1.54) is 0 Å². The zero-order chi connectivity index (χ0) is 28.9. The van der Waals surface area contributed by atoms with Crippen LogP contribution < -0.4 is 30.9 Å². The molecule has 4 N–H and O–H groups in total. The van der Waals surface area contributed by atoms with Crippen molar-refractivity contribution in [2.24, 2.45) is 4.99 Å². The van der Waals surface area contributed by atoms with E-state index < -0.39 is 17.5 Å². The molecule has 2 aromatic rings. The number of aliphatic imine (C=N–C) groups is 1. The van der Waals surface area contributed by atoms with Crippen LogP contribution in [0.15, 0.2) is 71.5 Å². The molecule has 0 bridgehead atoms. The number of carbonyl (C=O) groups is 1. The van der Waals surface area contributed by atoms with Crippen LogP contribution in [0.2, 0.25) is 0 Å². The zero-order valence-corrected chi connectivity index (χ0v) is 22.7. The molecule has 2 heterocycles. The predicted octanol–water partition coefficient (Wildman–Crippen LogP) is 3.89. The fraction of sp³-hybridized carbons (Fsp3) is 0.357. The van der Waals surface area contributed by atoms with Crippen LogP contribution in [-0.4, -0.2) is 69.3 Å². The third-order valence-electron chi connectivity index (χ3n) is 6.70. The first-order valence-electron chi connectivity index (χ1n) is 12.8. The molecule has 2 aromatic carbocycles. The van der Waals surface area contributed by atoms with E-state index in [4.69, 9.17) is 4.74 Å².